The quantitative estimate of drug-likeness (QED) is 0.746. The molecule has 1 saturated heterocycles. The van der Waals surface area contributed by atoms with Crippen LogP contribution in [-0.4, -0.2) is 33.7 Å². The number of phenols is 2. The lowest BCUT2D eigenvalue weighted by Gasteiger charge is -2.33. The maximum Gasteiger partial charge on any atom is 0.160 e. The minimum absolute atomic E-state index is 0.0317. The van der Waals surface area contributed by atoms with Gasteiger partial charge in [0.15, 0.2) is 11.5 Å². The molecule has 1 unspecified atom stereocenters. The number of rotatable bonds is 1. The van der Waals surface area contributed by atoms with Crippen LogP contribution >= 0.6 is 0 Å². The van der Waals surface area contributed by atoms with Crippen LogP contribution in [0.4, 0.5) is 0 Å². The average molecular weight is 245 g/mol. The molecule has 3 nitrogen and oxygen atoms in total. The van der Waals surface area contributed by atoms with Crippen molar-refractivity contribution >= 4 is 0 Å². The number of hydrogen-bond donors (Lipinski definition) is 2. The molecule has 3 aliphatic rings. The zero-order chi connectivity index (χ0) is 12.3. The molecule has 1 heterocycles. The standard InChI is InChI=1S/C15H19NO2/c17-14-6-4-10-11-7-8-16(9-1-2-9)13(11)5-3-12(10)15(14)18/h4,6,9,11,13,17-18H,1-3,5,7-8H2/t11-,13?/m0/s1. The molecule has 1 saturated carbocycles. The highest BCUT2D eigenvalue weighted by atomic mass is 16.3. The van der Waals surface area contributed by atoms with Crippen LogP contribution in [0.1, 0.15) is 42.7 Å². The summed E-state index contributed by atoms with van der Waals surface area (Å²) in [6.45, 7) is 1.21. The lowest BCUT2D eigenvalue weighted by molar-refractivity contribution is 0.216. The molecule has 3 heteroatoms. The van der Waals surface area contributed by atoms with E-state index in [9.17, 15) is 10.2 Å². The maximum absolute atomic E-state index is 9.99. The van der Waals surface area contributed by atoms with Gasteiger partial charge in [-0.1, -0.05) is 6.07 Å². The SMILES string of the molecule is Oc1ccc2c(c1O)CCC1[C@H]2CCN1C1CC1. The molecule has 0 bridgehead atoms. The van der Waals surface area contributed by atoms with E-state index in [1.165, 1.54) is 31.4 Å². The highest BCUT2D eigenvalue weighted by molar-refractivity contribution is 5.52. The second-order valence-electron chi connectivity index (χ2n) is 5.97. The van der Waals surface area contributed by atoms with Gasteiger partial charge in [-0.05, 0) is 50.3 Å². The van der Waals surface area contributed by atoms with Crippen molar-refractivity contribution < 1.29 is 10.2 Å². The minimum Gasteiger partial charge on any atom is -0.504 e. The van der Waals surface area contributed by atoms with Crippen LogP contribution in [0.3, 0.4) is 0 Å². The smallest absolute Gasteiger partial charge is 0.160 e. The number of benzene rings is 1. The fraction of sp³-hybridized carbons (Fsp3) is 0.600. The van der Waals surface area contributed by atoms with Crippen molar-refractivity contribution in [2.45, 2.75) is 50.1 Å². The van der Waals surface area contributed by atoms with Crippen LogP contribution in [0.5, 0.6) is 11.5 Å². The van der Waals surface area contributed by atoms with Crippen LogP contribution in [0.25, 0.3) is 0 Å². The zero-order valence-electron chi connectivity index (χ0n) is 10.5. The Bertz CT molecular complexity index is 496. The molecule has 0 radical (unpaired) electrons. The Labute approximate surface area is 107 Å². The van der Waals surface area contributed by atoms with Gasteiger partial charge in [0.05, 0.1) is 0 Å². The van der Waals surface area contributed by atoms with Crippen molar-refractivity contribution in [1.82, 2.24) is 4.90 Å². The number of hydrogen-bond acceptors (Lipinski definition) is 3. The first-order chi connectivity index (χ1) is 8.75. The van der Waals surface area contributed by atoms with E-state index in [2.05, 4.69) is 4.90 Å². The topological polar surface area (TPSA) is 43.7 Å². The lowest BCUT2D eigenvalue weighted by Crippen LogP contribution is -2.36. The largest absolute Gasteiger partial charge is 0.504 e. The predicted molar refractivity (Wildman–Crippen MR) is 69.0 cm³/mol. The summed E-state index contributed by atoms with van der Waals surface area (Å²) >= 11 is 0. The van der Waals surface area contributed by atoms with Crippen molar-refractivity contribution in [3.05, 3.63) is 23.3 Å². The summed E-state index contributed by atoms with van der Waals surface area (Å²) in [4.78, 5) is 2.69. The first kappa shape index (κ1) is 10.7. The molecular weight excluding hydrogens is 226 g/mol. The molecule has 0 spiro atoms. The van der Waals surface area contributed by atoms with Crippen LogP contribution in [-0.2, 0) is 6.42 Å². The Hall–Kier alpha value is -1.22. The van der Waals surface area contributed by atoms with Gasteiger partial charge in [0.2, 0.25) is 0 Å². The molecule has 1 aromatic rings. The highest BCUT2D eigenvalue weighted by Crippen LogP contribution is 2.48. The van der Waals surface area contributed by atoms with E-state index in [0.29, 0.717) is 12.0 Å². The molecule has 1 aliphatic heterocycles. The first-order valence-corrected chi connectivity index (χ1v) is 7.05. The molecule has 18 heavy (non-hydrogen) atoms. The van der Waals surface area contributed by atoms with Gasteiger partial charge in [0, 0.05) is 23.6 Å². The van der Waals surface area contributed by atoms with Gasteiger partial charge in [-0.25, -0.2) is 0 Å². The summed E-state index contributed by atoms with van der Waals surface area (Å²) in [6, 6.07) is 5.19. The van der Waals surface area contributed by atoms with Gasteiger partial charge in [-0.15, -0.1) is 0 Å². The third-order valence-corrected chi connectivity index (χ3v) is 4.99. The minimum atomic E-state index is 0.0317. The normalized spacial score (nSPS) is 31.1. The summed E-state index contributed by atoms with van der Waals surface area (Å²) in [5.74, 6) is 0.723. The van der Waals surface area contributed by atoms with Crippen LogP contribution in [0, 0.1) is 0 Å². The third kappa shape index (κ3) is 1.40. The molecule has 2 fully saturated rings. The molecule has 96 valence electrons. The summed E-state index contributed by atoms with van der Waals surface area (Å²) in [5, 5.41) is 19.6. The Balaban J connectivity index is 1.72. The number of nitrogens with zero attached hydrogens (tertiary/aromatic N) is 1. The molecule has 1 aromatic carbocycles. The van der Waals surface area contributed by atoms with Crippen molar-refractivity contribution in [2.75, 3.05) is 6.54 Å². The van der Waals surface area contributed by atoms with E-state index in [1.54, 1.807) is 6.07 Å². The van der Waals surface area contributed by atoms with Crippen LogP contribution in [0.15, 0.2) is 12.1 Å². The van der Waals surface area contributed by atoms with E-state index < -0.39 is 0 Å². The van der Waals surface area contributed by atoms with E-state index in [1.807, 2.05) is 6.07 Å². The fourth-order valence-corrected chi connectivity index (χ4v) is 4.01. The van der Waals surface area contributed by atoms with E-state index in [0.717, 1.165) is 24.4 Å². The van der Waals surface area contributed by atoms with Gasteiger partial charge >= 0.3 is 0 Å². The van der Waals surface area contributed by atoms with E-state index in [4.69, 9.17) is 0 Å². The summed E-state index contributed by atoms with van der Waals surface area (Å²) in [5.41, 5.74) is 2.28. The highest BCUT2D eigenvalue weighted by Gasteiger charge is 2.44. The third-order valence-electron chi connectivity index (χ3n) is 4.99. The first-order valence-electron chi connectivity index (χ1n) is 7.05. The summed E-state index contributed by atoms with van der Waals surface area (Å²) in [6.07, 6.45) is 5.98. The lowest BCUT2D eigenvalue weighted by atomic mass is 9.79. The van der Waals surface area contributed by atoms with Gasteiger partial charge in [0.25, 0.3) is 0 Å². The van der Waals surface area contributed by atoms with Crippen LogP contribution in [0.2, 0.25) is 0 Å². The Morgan fingerprint density at radius 3 is 2.67 bits per heavy atom. The second-order valence-corrected chi connectivity index (χ2v) is 5.97. The molecule has 0 aromatic heterocycles. The van der Waals surface area contributed by atoms with Gasteiger partial charge < -0.3 is 10.2 Å². The monoisotopic (exact) mass is 245 g/mol. The van der Waals surface area contributed by atoms with Crippen LogP contribution < -0.4 is 0 Å². The maximum atomic E-state index is 9.99. The molecule has 0 amide bonds. The molecule has 2 aliphatic carbocycles. The average Bonchev–Trinajstić information content (AvgIpc) is 3.13. The fourth-order valence-electron chi connectivity index (χ4n) is 4.01. The second kappa shape index (κ2) is 3.64. The van der Waals surface area contributed by atoms with E-state index >= 15 is 0 Å². The Morgan fingerprint density at radius 1 is 1.06 bits per heavy atom. The number of fused-ring (bicyclic) bond motifs is 3. The van der Waals surface area contributed by atoms with Gasteiger partial charge in [-0.2, -0.15) is 0 Å². The molecule has 2 N–H and O–H groups in total. The molecule has 2 atom stereocenters. The Morgan fingerprint density at radius 2 is 1.89 bits per heavy atom. The van der Waals surface area contributed by atoms with Crippen molar-refractivity contribution in [3.8, 4) is 11.5 Å². The zero-order valence-corrected chi connectivity index (χ0v) is 10.5. The molecular formula is C15H19NO2. The van der Waals surface area contributed by atoms with Gasteiger partial charge in [0.1, 0.15) is 0 Å². The van der Waals surface area contributed by atoms with Crippen molar-refractivity contribution in [1.29, 1.82) is 0 Å². The van der Waals surface area contributed by atoms with Gasteiger partial charge in [-0.3, -0.25) is 4.90 Å². The van der Waals surface area contributed by atoms with Crippen molar-refractivity contribution in [3.63, 3.8) is 0 Å². The van der Waals surface area contributed by atoms with E-state index in [-0.39, 0.29) is 11.5 Å². The predicted octanol–water partition coefficient (Wildman–Crippen LogP) is 2.36. The number of likely N-dealkylation sites (tertiary alicyclic amines) is 1. The number of aromatic hydroxyl groups is 2. The number of phenolic OH excluding ortho intramolecular Hbond substituents is 2. The van der Waals surface area contributed by atoms with Crippen molar-refractivity contribution in [2.24, 2.45) is 0 Å². The molecule has 4 rings (SSSR count). The Kier molecular flexibility index (Phi) is 2.16. The summed E-state index contributed by atoms with van der Waals surface area (Å²) in [7, 11) is 0. The summed E-state index contributed by atoms with van der Waals surface area (Å²) < 4.78 is 0.